The van der Waals surface area contributed by atoms with E-state index < -0.39 is 5.41 Å². The van der Waals surface area contributed by atoms with Crippen LogP contribution >= 0.6 is 0 Å². The Labute approximate surface area is 207 Å². The molecule has 0 fully saturated rings. The molecule has 10 nitrogen and oxygen atoms in total. The van der Waals surface area contributed by atoms with Crippen LogP contribution in [0.4, 0.5) is 0 Å². The van der Waals surface area contributed by atoms with Crippen LogP contribution in [0.15, 0.2) is 61.4 Å². The van der Waals surface area contributed by atoms with Crippen LogP contribution in [0.5, 0.6) is 0 Å². The monoisotopic (exact) mass is 538 g/mol. The van der Waals surface area contributed by atoms with Crippen molar-refractivity contribution in [2.75, 3.05) is 0 Å². The Balaban J connectivity index is 0.00000241. The average Bonchev–Trinajstić information content (AvgIpc) is 3.49. The van der Waals surface area contributed by atoms with Crippen LogP contribution in [0.3, 0.4) is 0 Å². The summed E-state index contributed by atoms with van der Waals surface area (Å²) in [6.07, 6.45) is 12.2. The molecule has 0 saturated heterocycles. The van der Waals surface area contributed by atoms with Crippen LogP contribution in [0.1, 0.15) is 25.2 Å². The molecule has 6 heterocycles. The molecule has 0 unspecified atom stereocenters. The van der Waals surface area contributed by atoms with Crippen molar-refractivity contribution in [2.45, 2.75) is 19.3 Å². The first-order valence-electron chi connectivity index (χ1n) is 10.2. The van der Waals surface area contributed by atoms with E-state index in [2.05, 4.69) is 56.4 Å². The molecule has 6 aromatic rings. The number of hydrogen-bond donors (Lipinski definition) is 0. The van der Waals surface area contributed by atoms with E-state index >= 15 is 0 Å². The van der Waals surface area contributed by atoms with Gasteiger partial charge in [0.15, 0.2) is 0 Å². The largest absolute Gasteiger partial charge is 2.00 e. The quantitative estimate of drug-likeness (QED) is 0.249. The zero-order valence-corrected chi connectivity index (χ0v) is 19.6. The third kappa shape index (κ3) is 3.55. The number of imidazole rings is 2. The van der Waals surface area contributed by atoms with E-state index in [-0.39, 0.29) is 20.4 Å². The van der Waals surface area contributed by atoms with Crippen LogP contribution in [-0.4, -0.2) is 49.0 Å². The van der Waals surface area contributed by atoms with Crippen molar-refractivity contribution in [3.05, 3.63) is 85.5 Å². The van der Waals surface area contributed by atoms with E-state index in [1.54, 1.807) is 21.5 Å². The molecule has 0 saturated carbocycles. The number of hydrogen-bond acceptors (Lipinski definition) is 8. The Morgan fingerprint density at radius 3 is 1.65 bits per heavy atom. The van der Waals surface area contributed by atoms with Crippen molar-refractivity contribution >= 4 is 22.3 Å². The molecule has 0 aliphatic carbocycles. The summed E-state index contributed by atoms with van der Waals surface area (Å²) in [5.41, 5.74) is 3.82. The summed E-state index contributed by atoms with van der Waals surface area (Å²) in [6, 6.07) is 11.7. The smallest absolute Gasteiger partial charge is 0.409 e. The van der Waals surface area contributed by atoms with Gasteiger partial charge in [-0.15, -0.1) is 0 Å². The number of rotatable bonds is 4. The molecular weight excluding hydrogens is 523 g/mol. The van der Waals surface area contributed by atoms with Gasteiger partial charge in [0.05, 0.1) is 22.9 Å². The molecule has 0 spiro atoms. The SMILES string of the molecule is CC(C)(c1cccc(-n2[c-]nc3ncncc32)n1)c1cccc(-n2[c-]nc3ncncc32)n1.[Pd+2]. The zero-order chi connectivity index (χ0) is 22.4. The predicted molar refractivity (Wildman–Crippen MR) is 119 cm³/mol. The van der Waals surface area contributed by atoms with Gasteiger partial charge >= 0.3 is 20.4 Å². The van der Waals surface area contributed by atoms with Gasteiger partial charge in [-0.1, -0.05) is 24.3 Å². The fourth-order valence-electron chi connectivity index (χ4n) is 3.69. The third-order valence-electron chi connectivity index (χ3n) is 5.55. The van der Waals surface area contributed by atoms with Gasteiger partial charge in [0, 0.05) is 41.9 Å². The summed E-state index contributed by atoms with van der Waals surface area (Å²) in [4.78, 5) is 34.8. The Morgan fingerprint density at radius 2 is 1.18 bits per heavy atom. The summed E-state index contributed by atoms with van der Waals surface area (Å²) in [6.45, 7) is 4.17. The minimum atomic E-state index is -0.494. The normalized spacial score (nSPS) is 11.6. The molecule has 0 aromatic carbocycles. The maximum Gasteiger partial charge on any atom is 2.00 e. The maximum absolute atomic E-state index is 4.90. The van der Waals surface area contributed by atoms with Crippen LogP contribution < -0.4 is 0 Å². The summed E-state index contributed by atoms with van der Waals surface area (Å²) in [5.74, 6) is 1.36. The molecule has 0 aliphatic heterocycles. The van der Waals surface area contributed by atoms with Crippen molar-refractivity contribution in [3.63, 3.8) is 0 Å². The summed E-state index contributed by atoms with van der Waals surface area (Å²) < 4.78 is 3.51. The van der Waals surface area contributed by atoms with Crippen molar-refractivity contribution < 1.29 is 20.4 Å². The predicted octanol–water partition coefficient (Wildman–Crippen LogP) is 2.66. The maximum atomic E-state index is 4.90. The number of nitrogens with zero attached hydrogens (tertiary/aromatic N) is 10. The molecule has 0 atom stereocenters. The van der Waals surface area contributed by atoms with Gasteiger partial charge in [0.25, 0.3) is 0 Å². The molecule has 0 radical (unpaired) electrons. The van der Waals surface area contributed by atoms with Crippen molar-refractivity contribution in [1.29, 1.82) is 0 Å². The van der Waals surface area contributed by atoms with E-state index in [0.29, 0.717) is 22.9 Å². The fraction of sp³-hybridized carbons (Fsp3) is 0.130. The van der Waals surface area contributed by atoms with E-state index in [1.807, 2.05) is 36.4 Å². The molecule has 0 aliphatic rings. The van der Waals surface area contributed by atoms with Crippen LogP contribution in [0.25, 0.3) is 34.0 Å². The summed E-state index contributed by atoms with van der Waals surface area (Å²) in [5, 5.41) is 0. The molecule has 11 heteroatoms. The van der Waals surface area contributed by atoms with Gasteiger partial charge in [-0.3, -0.25) is 29.9 Å². The number of aromatic nitrogens is 10. The van der Waals surface area contributed by atoms with E-state index in [4.69, 9.17) is 9.97 Å². The van der Waals surface area contributed by atoms with Crippen LogP contribution in [-0.2, 0) is 25.8 Å². The molecule has 34 heavy (non-hydrogen) atoms. The standard InChI is InChI=1S/C23H16N10.Pd/c1-23(2,17-5-3-7-19(30-17)32-13-28-21-15(32)9-24-11-26-21)18-6-4-8-20(31-18)33-14-29-22-16(33)10-25-12-27-22;/h3-12H,1-2H3;/q-2;+2. The van der Waals surface area contributed by atoms with Gasteiger partial charge in [-0.05, 0) is 37.0 Å². The molecular formula is C23H16N10Pd. The first kappa shape index (κ1) is 21.9. The van der Waals surface area contributed by atoms with Gasteiger partial charge in [0.1, 0.15) is 12.7 Å². The number of pyridine rings is 2. The second-order valence-electron chi connectivity index (χ2n) is 7.94. The van der Waals surface area contributed by atoms with Crippen LogP contribution in [0.2, 0.25) is 0 Å². The molecule has 6 rings (SSSR count). The minimum Gasteiger partial charge on any atom is -0.409 e. The molecule has 0 amide bonds. The van der Waals surface area contributed by atoms with Crippen molar-refractivity contribution in [3.8, 4) is 11.6 Å². The molecule has 0 N–H and O–H groups in total. The Morgan fingerprint density at radius 1 is 0.706 bits per heavy atom. The van der Waals surface area contributed by atoms with Gasteiger partial charge in [0.2, 0.25) is 0 Å². The van der Waals surface area contributed by atoms with Gasteiger partial charge in [-0.25, -0.2) is 0 Å². The third-order valence-corrected chi connectivity index (χ3v) is 5.55. The summed E-state index contributed by atoms with van der Waals surface area (Å²) in [7, 11) is 0. The first-order chi connectivity index (χ1) is 16.1. The Kier molecular flexibility index (Phi) is 5.43. The second kappa shape index (κ2) is 8.44. The van der Waals surface area contributed by atoms with E-state index in [9.17, 15) is 0 Å². The van der Waals surface area contributed by atoms with Crippen molar-refractivity contribution in [1.82, 2.24) is 49.0 Å². The van der Waals surface area contributed by atoms with E-state index in [1.165, 1.54) is 12.7 Å². The van der Waals surface area contributed by atoms with Gasteiger partial charge < -0.3 is 19.1 Å². The average molecular weight is 539 g/mol. The Hall–Kier alpha value is -3.94. The number of fused-ring (bicyclic) bond motifs is 2. The molecule has 168 valence electrons. The molecule has 0 bridgehead atoms. The fourth-order valence-corrected chi connectivity index (χ4v) is 3.69. The van der Waals surface area contributed by atoms with Crippen LogP contribution in [0, 0.1) is 12.7 Å². The Bertz CT molecular complexity index is 1500. The van der Waals surface area contributed by atoms with Gasteiger partial charge in [-0.2, -0.15) is 0 Å². The topological polar surface area (TPSA) is 113 Å². The first-order valence-corrected chi connectivity index (χ1v) is 10.2. The zero-order valence-electron chi connectivity index (χ0n) is 18.1. The van der Waals surface area contributed by atoms with Crippen molar-refractivity contribution in [2.24, 2.45) is 0 Å². The minimum absolute atomic E-state index is 0. The second-order valence-corrected chi connectivity index (χ2v) is 7.94. The summed E-state index contributed by atoms with van der Waals surface area (Å²) >= 11 is 0. The molecule has 6 aromatic heterocycles. The van der Waals surface area contributed by atoms with E-state index in [0.717, 1.165) is 22.4 Å².